The molecule has 0 unspecified atom stereocenters. The van der Waals surface area contributed by atoms with Gasteiger partial charge < -0.3 is 14.2 Å². The van der Waals surface area contributed by atoms with E-state index in [2.05, 4.69) is 16.4 Å². The van der Waals surface area contributed by atoms with Gasteiger partial charge in [0.1, 0.15) is 5.75 Å². The molecule has 20 heavy (non-hydrogen) atoms. The van der Waals surface area contributed by atoms with Crippen molar-refractivity contribution in [2.45, 2.75) is 26.2 Å². The van der Waals surface area contributed by atoms with Crippen LogP contribution in [0.25, 0.3) is 0 Å². The summed E-state index contributed by atoms with van der Waals surface area (Å²) >= 11 is 0. The second-order valence-corrected chi connectivity index (χ2v) is 4.25. The van der Waals surface area contributed by atoms with Gasteiger partial charge in [0.15, 0.2) is 0 Å². The molecule has 1 rings (SSSR count). The molecule has 0 aliphatic heterocycles. The molecule has 0 atom stereocenters. The van der Waals surface area contributed by atoms with Gasteiger partial charge in [0.25, 0.3) is 0 Å². The van der Waals surface area contributed by atoms with Crippen LogP contribution in [0.1, 0.15) is 46.9 Å². The first kappa shape index (κ1) is 16.0. The minimum absolute atomic E-state index is 0.146. The summed E-state index contributed by atoms with van der Waals surface area (Å²) in [6.07, 6.45) is 3.14. The minimum atomic E-state index is -0.593. The second kappa shape index (κ2) is 8.19. The molecule has 0 aromatic heterocycles. The summed E-state index contributed by atoms with van der Waals surface area (Å²) in [4.78, 5) is 23.3. The second-order valence-electron chi connectivity index (χ2n) is 4.25. The Morgan fingerprint density at radius 1 is 1.00 bits per heavy atom. The van der Waals surface area contributed by atoms with Crippen LogP contribution in [-0.4, -0.2) is 32.8 Å². The highest BCUT2D eigenvalue weighted by Gasteiger charge is 2.19. The molecule has 5 nitrogen and oxygen atoms in total. The van der Waals surface area contributed by atoms with Crippen molar-refractivity contribution in [2.75, 3.05) is 20.8 Å². The molecule has 0 fully saturated rings. The molecule has 0 aliphatic carbocycles. The maximum Gasteiger partial charge on any atom is 0.338 e. The third-order valence-corrected chi connectivity index (χ3v) is 2.82. The maximum atomic E-state index is 11.7. The molecule has 1 aromatic rings. The van der Waals surface area contributed by atoms with E-state index in [1.165, 1.54) is 26.4 Å². The van der Waals surface area contributed by atoms with Gasteiger partial charge in [0.2, 0.25) is 0 Å². The first-order chi connectivity index (χ1) is 9.63. The number of methoxy groups -OCH3 is 2. The van der Waals surface area contributed by atoms with Gasteiger partial charge in [-0.2, -0.15) is 0 Å². The molecule has 0 aliphatic rings. The Morgan fingerprint density at radius 2 is 1.65 bits per heavy atom. The summed E-state index contributed by atoms with van der Waals surface area (Å²) in [5.41, 5.74) is 0.313. The Kier molecular flexibility index (Phi) is 6.56. The van der Waals surface area contributed by atoms with Gasteiger partial charge in [-0.1, -0.05) is 19.8 Å². The van der Waals surface area contributed by atoms with E-state index >= 15 is 0 Å². The van der Waals surface area contributed by atoms with Crippen LogP contribution in [0.3, 0.4) is 0 Å². The zero-order valence-corrected chi connectivity index (χ0v) is 12.1. The van der Waals surface area contributed by atoms with E-state index in [9.17, 15) is 9.59 Å². The van der Waals surface area contributed by atoms with E-state index in [-0.39, 0.29) is 11.1 Å². The van der Waals surface area contributed by atoms with Gasteiger partial charge in [0, 0.05) is 0 Å². The van der Waals surface area contributed by atoms with Gasteiger partial charge in [-0.05, 0) is 24.6 Å². The lowest BCUT2D eigenvalue weighted by atomic mass is 10.1. The highest BCUT2D eigenvalue weighted by Crippen LogP contribution is 2.20. The highest BCUT2D eigenvalue weighted by molar-refractivity contribution is 6.03. The number of carbonyl (C=O) groups excluding carboxylic acids is 2. The highest BCUT2D eigenvalue weighted by atomic mass is 16.5. The molecule has 5 heteroatoms. The summed E-state index contributed by atoms with van der Waals surface area (Å²) in [7, 11) is 2.52. The normalized spacial score (nSPS) is 9.95. The minimum Gasteiger partial charge on any atom is -0.494 e. The monoisotopic (exact) mass is 280 g/mol. The molecule has 0 bridgehead atoms. The maximum absolute atomic E-state index is 11.7. The Morgan fingerprint density at radius 3 is 2.25 bits per heavy atom. The third-order valence-electron chi connectivity index (χ3n) is 2.82. The Hall–Kier alpha value is -2.04. The van der Waals surface area contributed by atoms with Gasteiger partial charge in [0.05, 0.1) is 32.0 Å². The zero-order valence-electron chi connectivity index (χ0n) is 12.1. The van der Waals surface area contributed by atoms with Crippen LogP contribution in [-0.2, 0) is 9.47 Å². The first-order valence-corrected chi connectivity index (χ1v) is 6.57. The molecule has 0 heterocycles. The Bertz CT molecular complexity index is 467. The summed E-state index contributed by atoms with van der Waals surface area (Å²) in [6, 6.07) is 4.65. The van der Waals surface area contributed by atoms with E-state index in [4.69, 9.17) is 4.74 Å². The van der Waals surface area contributed by atoms with Gasteiger partial charge in [-0.3, -0.25) is 0 Å². The quantitative estimate of drug-likeness (QED) is 0.567. The lowest BCUT2D eigenvalue weighted by Gasteiger charge is -2.10. The molecule has 0 radical (unpaired) electrons. The molecule has 0 N–H and O–H groups in total. The molecule has 0 saturated heterocycles. The lowest BCUT2D eigenvalue weighted by molar-refractivity contribution is 0.0555. The van der Waals surface area contributed by atoms with E-state index in [1.54, 1.807) is 6.07 Å². The Balaban J connectivity index is 2.90. The van der Waals surface area contributed by atoms with Crippen molar-refractivity contribution in [3.05, 3.63) is 29.3 Å². The largest absolute Gasteiger partial charge is 0.494 e. The summed E-state index contributed by atoms with van der Waals surface area (Å²) in [6.45, 7) is 2.69. The number of carbonyl (C=O) groups is 2. The average Bonchev–Trinajstić information content (AvgIpc) is 2.49. The van der Waals surface area contributed by atoms with Crippen molar-refractivity contribution in [1.29, 1.82) is 0 Å². The van der Waals surface area contributed by atoms with Crippen molar-refractivity contribution >= 4 is 11.9 Å². The van der Waals surface area contributed by atoms with E-state index in [0.717, 1.165) is 19.3 Å². The fourth-order valence-electron chi connectivity index (χ4n) is 1.72. The number of esters is 2. The summed E-state index contributed by atoms with van der Waals surface area (Å²) < 4.78 is 14.9. The molecule has 0 spiro atoms. The molecule has 1 aromatic carbocycles. The van der Waals surface area contributed by atoms with Crippen molar-refractivity contribution < 1.29 is 23.8 Å². The predicted molar refractivity (Wildman–Crippen MR) is 74.1 cm³/mol. The first-order valence-electron chi connectivity index (χ1n) is 6.57. The number of ether oxygens (including phenoxy) is 3. The summed E-state index contributed by atoms with van der Waals surface area (Å²) in [5.74, 6) is -0.638. The van der Waals surface area contributed by atoms with E-state index in [0.29, 0.717) is 12.4 Å². The molecule has 110 valence electrons. The smallest absolute Gasteiger partial charge is 0.338 e. The predicted octanol–water partition coefficient (Wildman–Crippen LogP) is 2.83. The van der Waals surface area contributed by atoms with Crippen molar-refractivity contribution in [1.82, 2.24) is 0 Å². The summed E-state index contributed by atoms with van der Waals surface area (Å²) in [5, 5.41) is 0. The van der Waals surface area contributed by atoms with Gasteiger partial charge in [-0.25, -0.2) is 9.59 Å². The van der Waals surface area contributed by atoms with Crippen LogP contribution in [0.2, 0.25) is 0 Å². The average molecular weight is 280 g/mol. The van der Waals surface area contributed by atoms with Crippen molar-refractivity contribution in [3.8, 4) is 5.75 Å². The zero-order chi connectivity index (χ0) is 15.0. The SMILES string of the molecule is CCCCCOc1ccc(C(=O)OC)c(C(=O)OC)c1. The molecular formula is C15H20O5. The number of unbranched alkanes of at least 4 members (excludes halogenated alkanes) is 2. The standard InChI is InChI=1S/C15H20O5/c1-4-5-6-9-20-11-7-8-12(14(16)18-2)13(10-11)15(17)19-3/h7-8,10H,4-6,9H2,1-3H3. The number of benzene rings is 1. The van der Waals surface area contributed by atoms with Gasteiger partial charge >= 0.3 is 11.9 Å². The van der Waals surface area contributed by atoms with Crippen LogP contribution < -0.4 is 4.74 Å². The van der Waals surface area contributed by atoms with Crippen LogP contribution >= 0.6 is 0 Å². The van der Waals surface area contributed by atoms with E-state index in [1.807, 2.05) is 0 Å². The van der Waals surface area contributed by atoms with Crippen LogP contribution in [0.15, 0.2) is 18.2 Å². The van der Waals surface area contributed by atoms with Crippen LogP contribution in [0.4, 0.5) is 0 Å². The number of rotatable bonds is 7. The molecular weight excluding hydrogens is 260 g/mol. The van der Waals surface area contributed by atoms with E-state index < -0.39 is 11.9 Å². The van der Waals surface area contributed by atoms with Crippen LogP contribution in [0, 0.1) is 0 Å². The van der Waals surface area contributed by atoms with Crippen molar-refractivity contribution in [2.24, 2.45) is 0 Å². The fourth-order valence-corrected chi connectivity index (χ4v) is 1.72. The molecule has 0 amide bonds. The van der Waals surface area contributed by atoms with Gasteiger partial charge in [-0.15, -0.1) is 0 Å². The van der Waals surface area contributed by atoms with Crippen molar-refractivity contribution in [3.63, 3.8) is 0 Å². The number of hydrogen-bond donors (Lipinski definition) is 0. The molecule has 0 saturated carbocycles. The lowest BCUT2D eigenvalue weighted by Crippen LogP contribution is -2.12. The van der Waals surface area contributed by atoms with Crippen LogP contribution in [0.5, 0.6) is 5.75 Å². The Labute approximate surface area is 118 Å². The topological polar surface area (TPSA) is 61.8 Å². The number of hydrogen-bond acceptors (Lipinski definition) is 5. The third kappa shape index (κ3) is 4.26. The fraction of sp³-hybridized carbons (Fsp3) is 0.467.